The van der Waals surface area contributed by atoms with E-state index in [0.29, 0.717) is 0 Å². The van der Waals surface area contributed by atoms with Gasteiger partial charge in [0.05, 0.1) is 15.2 Å². The molecule has 0 saturated carbocycles. The van der Waals surface area contributed by atoms with Crippen molar-refractivity contribution in [2.45, 2.75) is 10.6 Å². The van der Waals surface area contributed by atoms with E-state index in [4.69, 9.17) is 9.47 Å². The fraction of sp³-hybridized carbons (Fsp3) is 1.00. The van der Waals surface area contributed by atoms with Crippen LogP contribution in [0.1, 0.15) is 1.43 Å². The summed E-state index contributed by atoms with van der Waals surface area (Å²) in [5.41, 5.74) is 0. The molecule has 0 radical (unpaired) electrons. The Hall–Kier alpha value is 2.45. The zero-order valence-electron chi connectivity index (χ0n) is 9.64. The molecule has 0 N–H and O–H groups in total. The standard InChI is InChI=1S/2C3H7O.Al.2Na.3H/c2*1-3-4-2;;;;;;/h2*1,3H2,2H3;;;;;;/q;;-1;2*+1;;;-1. The van der Waals surface area contributed by atoms with Crippen molar-refractivity contribution in [2.75, 3.05) is 27.4 Å². The SMILES string of the molecule is COC[CH2][AlH2-][CH2]COC.[H-].[Na+].[Na+]. The molecule has 0 bridgehead atoms. The van der Waals surface area contributed by atoms with Crippen molar-refractivity contribution < 1.29 is 70.0 Å². The summed E-state index contributed by atoms with van der Waals surface area (Å²) >= 11 is -0.289. The second kappa shape index (κ2) is 18.3. The van der Waals surface area contributed by atoms with Gasteiger partial charge in [0.1, 0.15) is 0 Å². The molecule has 0 rings (SSSR count). The van der Waals surface area contributed by atoms with Crippen molar-refractivity contribution >= 4 is 15.2 Å². The van der Waals surface area contributed by atoms with Gasteiger partial charge in [-0.1, -0.05) is 0 Å². The fourth-order valence-electron chi connectivity index (χ4n) is 0.947. The van der Waals surface area contributed by atoms with Gasteiger partial charge in [0, 0.05) is 27.4 Å². The average Bonchev–Trinajstić information content (AvgIpc) is 1.89. The maximum absolute atomic E-state index is 4.93. The summed E-state index contributed by atoms with van der Waals surface area (Å²) in [7, 11) is 3.53. The van der Waals surface area contributed by atoms with Crippen molar-refractivity contribution in [3.05, 3.63) is 0 Å². The zero-order valence-corrected chi connectivity index (χ0v) is 14.6. The molecule has 0 heterocycles. The Bertz CT molecular complexity index is 56.8. The zero-order chi connectivity index (χ0) is 6.95. The Labute approximate surface area is 122 Å². The van der Waals surface area contributed by atoms with E-state index in [1.807, 2.05) is 0 Å². The van der Waals surface area contributed by atoms with E-state index < -0.39 is 0 Å². The quantitative estimate of drug-likeness (QED) is 0.310. The number of hydrogen-bond acceptors (Lipinski definition) is 2. The summed E-state index contributed by atoms with van der Waals surface area (Å²) in [4.78, 5) is 0. The smallest absolute Gasteiger partial charge is 1.00 e. The van der Waals surface area contributed by atoms with Crippen molar-refractivity contribution in [1.82, 2.24) is 0 Å². The normalized spacial score (nSPS) is 8.18. The number of hydrogen-bond donors (Lipinski definition) is 0. The second-order valence-electron chi connectivity index (χ2n) is 2.49. The van der Waals surface area contributed by atoms with E-state index in [1.54, 1.807) is 14.2 Å². The summed E-state index contributed by atoms with van der Waals surface area (Å²) in [6.45, 7) is 1.93. The molecule has 0 aliphatic rings. The van der Waals surface area contributed by atoms with Crippen molar-refractivity contribution in [3.8, 4) is 0 Å². The maximum Gasteiger partial charge on any atom is 1.00 e. The molecule has 5 heteroatoms. The minimum Gasteiger partial charge on any atom is -1.00 e. The Morgan fingerprint density at radius 1 is 1.00 bits per heavy atom. The van der Waals surface area contributed by atoms with Gasteiger partial charge in [-0.15, -0.1) is 0 Å². The van der Waals surface area contributed by atoms with Crippen molar-refractivity contribution in [1.29, 1.82) is 0 Å². The third kappa shape index (κ3) is 19.0. The van der Waals surface area contributed by atoms with Crippen LogP contribution in [0.3, 0.4) is 0 Å². The maximum atomic E-state index is 4.93. The molecule has 0 aliphatic carbocycles. The van der Waals surface area contributed by atoms with Gasteiger partial charge in [0.25, 0.3) is 0 Å². The van der Waals surface area contributed by atoms with Crippen LogP contribution in [0.5, 0.6) is 0 Å². The van der Waals surface area contributed by atoms with Crippen molar-refractivity contribution in [2.24, 2.45) is 0 Å². The van der Waals surface area contributed by atoms with Crippen LogP contribution in [0.4, 0.5) is 0 Å². The summed E-state index contributed by atoms with van der Waals surface area (Å²) in [6.07, 6.45) is 0. The second-order valence-corrected chi connectivity index (χ2v) is 5.49. The third-order valence-electron chi connectivity index (χ3n) is 1.52. The summed E-state index contributed by atoms with van der Waals surface area (Å²) < 4.78 is 9.86. The van der Waals surface area contributed by atoms with Crippen molar-refractivity contribution in [3.63, 3.8) is 0 Å². The minimum absolute atomic E-state index is 0. The molecular formula is C6H17AlNa2O2. The Morgan fingerprint density at radius 3 is 1.64 bits per heavy atom. The molecule has 2 nitrogen and oxygen atoms in total. The molecule has 0 unspecified atom stereocenters. The van der Waals surface area contributed by atoms with Crippen LogP contribution in [-0.4, -0.2) is 42.7 Å². The van der Waals surface area contributed by atoms with Gasteiger partial charge in [-0.2, -0.15) is 10.6 Å². The minimum atomic E-state index is -0.289. The third-order valence-corrected chi connectivity index (χ3v) is 3.75. The number of ether oxygens (including phenoxy) is 2. The average molecular weight is 194 g/mol. The molecule has 0 aromatic carbocycles. The predicted octanol–water partition coefficient (Wildman–Crippen LogP) is -5.59. The number of methoxy groups -OCH3 is 2. The first-order valence-electron chi connectivity index (χ1n) is 3.81. The summed E-state index contributed by atoms with van der Waals surface area (Å²) in [5.74, 6) is 0. The molecule has 0 amide bonds. The van der Waals surface area contributed by atoms with Crippen LogP contribution in [-0.2, 0) is 9.47 Å². The molecule has 0 spiro atoms. The van der Waals surface area contributed by atoms with Gasteiger partial charge in [-0.25, -0.2) is 0 Å². The molecule has 0 saturated heterocycles. The molecule has 0 atom stereocenters. The van der Waals surface area contributed by atoms with Crippen LogP contribution in [0.25, 0.3) is 0 Å². The fourth-order valence-corrected chi connectivity index (χ4v) is 2.84. The first-order valence-corrected chi connectivity index (χ1v) is 6.64. The first-order chi connectivity index (χ1) is 4.41. The van der Waals surface area contributed by atoms with E-state index in [2.05, 4.69) is 0 Å². The Morgan fingerprint density at radius 2 is 1.36 bits per heavy atom. The van der Waals surface area contributed by atoms with E-state index in [-0.39, 0.29) is 75.8 Å². The Balaban J connectivity index is -0.000000107. The van der Waals surface area contributed by atoms with E-state index in [0.717, 1.165) is 13.2 Å². The Kier molecular flexibility index (Phi) is 31.7. The summed E-state index contributed by atoms with van der Waals surface area (Å²) in [5, 5.41) is 2.69. The predicted molar refractivity (Wildman–Crippen MR) is 43.0 cm³/mol. The molecular weight excluding hydrogens is 177 g/mol. The summed E-state index contributed by atoms with van der Waals surface area (Å²) in [6, 6.07) is 0. The van der Waals surface area contributed by atoms with Crippen LogP contribution < -0.4 is 59.1 Å². The largest absolute Gasteiger partial charge is 1.00 e. The van der Waals surface area contributed by atoms with Crippen LogP contribution in [0.2, 0.25) is 10.6 Å². The van der Waals surface area contributed by atoms with Crippen LogP contribution in [0, 0.1) is 0 Å². The topological polar surface area (TPSA) is 18.5 Å². The molecule has 11 heavy (non-hydrogen) atoms. The molecule has 0 aromatic rings. The van der Waals surface area contributed by atoms with E-state index >= 15 is 0 Å². The number of rotatable bonds is 6. The van der Waals surface area contributed by atoms with Gasteiger partial charge < -0.3 is 10.9 Å². The van der Waals surface area contributed by atoms with E-state index in [1.165, 1.54) is 10.6 Å². The van der Waals surface area contributed by atoms with Gasteiger partial charge in [0.2, 0.25) is 0 Å². The van der Waals surface area contributed by atoms with Gasteiger partial charge >= 0.3 is 59.1 Å². The van der Waals surface area contributed by atoms with Gasteiger partial charge in [-0.05, 0) is 0 Å². The first kappa shape index (κ1) is 19.1. The van der Waals surface area contributed by atoms with Crippen LogP contribution in [0.15, 0.2) is 0 Å². The molecule has 0 fully saturated rings. The monoisotopic (exact) mass is 194 g/mol. The molecule has 0 aliphatic heterocycles. The van der Waals surface area contributed by atoms with Crippen LogP contribution >= 0.6 is 0 Å². The van der Waals surface area contributed by atoms with E-state index in [9.17, 15) is 0 Å². The molecule has 58 valence electrons. The molecule has 0 aromatic heterocycles. The van der Waals surface area contributed by atoms with Gasteiger partial charge in [-0.3, -0.25) is 0 Å². The van der Waals surface area contributed by atoms with Gasteiger partial charge in [0.15, 0.2) is 0 Å².